The van der Waals surface area contributed by atoms with E-state index in [0.29, 0.717) is 18.0 Å². The standard InChI is InChI=1S/C24H24N2O4/c1-27-18-9-16(10-19(13-18)28-2)15-26-23-8-6-5-7-22(23)25-24(26)17-11-20(29-3)14-21(12-17)30-4/h5-14H,15H2,1-4H3. The fourth-order valence-corrected chi connectivity index (χ4v) is 3.53. The van der Waals surface area contributed by atoms with Gasteiger partial charge in [0.2, 0.25) is 0 Å². The second-order valence-electron chi connectivity index (χ2n) is 6.83. The van der Waals surface area contributed by atoms with E-state index in [2.05, 4.69) is 10.6 Å². The first kappa shape index (κ1) is 19.6. The highest BCUT2D eigenvalue weighted by Crippen LogP contribution is 2.33. The molecule has 4 rings (SSSR count). The Labute approximate surface area is 175 Å². The molecule has 0 aliphatic rings. The molecule has 0 N–H and O–H groups in total. The molecular weight excluding hydrogens is 380 g/mol. The Morgan fingerprint density at radius 3 is 1.80 bits per heavy atom. The van der Waals surface area contributed by atoms with E-state index >= 15 is 0 Å². The molecule has 0 aliphatic carbocycles. The van der Waals surface area contributed by atoms with Crippen LogP contribution >= 0.6 is 0 Å². The lowest BCUT2D eigenvalue weighted by atomic mass is 10.1. The number of benzene rings is 3. The number of methoxy groups -OCH3 is 4. The van der Waals surface area contributed by atoms with Crippen LogP contribution in [0.1, 0.15) is 5.56 Å². The number of hydrogen-bond acceptors (Lipinski definition) is 5. The first-order chi connectivity index (χ1) is 14.6. The zero-order valence-corrected chi connectivity index (χ0v) is 17.5. The van der Waals surface area contributed by atoms with Crippen LogP contribution in [0.15, 0.2) is 60.7 Å². The maximum Gasteiger partial charge on any atom is 0.141 e. The van der Waals surface area contributed by atoms with E-state index < -0.39 is 0 Å². The van der Waals surface area contributed by atoms with Gasteiger partial charge in [-0.2, -0.15) is 0 Å². The highest BCUT2D eigenvalue weighted by Gasteiger charge is 2.16. The van der Waals surface area contributed by atoms with Crippen LogP contribution in [-0.4, -0.2) is 38.0 Å². The lowest BCUT2D eigenvalue weighted by Crippen LogP contribution is -2.03. The normalized spacial score (nSPS) is 10.8. The van der Waals surface area contributed by atoms with Gasteiger partial charge in [-0.1, -0.05) is 12.1 Å². The van der Waals surface area contributed by atoms with Gasteiger partial charge in [0.05, 0.1) is 39.5 Å². The summed E-state index contributed by atoms with van der Waals surface area (Å²) in [6.07, 6.45) is 0. The van der Waals surface area contributed by atoms with Gasteiger partial charge in [-0.25, -0.2) is 4.98 Å². The summed E-state index contributed by atoms with van der Waals surface area (Å²) in [5.41, 5.74) is 3.92. The number of para-hydroxylation sites is 2. The van der Waals surface area contributed by atoms with Crippen LogP contribution in [0.3, 0.4) is 0 Å². The van der Waals surface area contributed by atoms with Gasteiger partial charge in [-0.3, -0.25) is 0 Å². The van der Waals surface area contributed by atoms with Crippen molar-refractivity contribution in [2.75, 3.05) is 28.4 Å². The number of ether oxygens (including phenoxy) is 4. The summed E-state index contributed by atoms with van der Waals surface area (Å²) >= 11 is 0. The third kappa shape index (κ3) is 3.76. The van der Waals surface area contributed by atoms with Crippen LogP contribution in [0.4, 0.5) is 0 Å². The predicted octanol–water partition coefficient (Wildman–Crippen LogP) is 4.79. The number of nitrogens with zero attached hydrogens (tertiary/aromatic N) is 2. The summed E-state index contributed by atoms with van der Waals surface area (Å²) in [6, 6.07) is 19.7. The highest BCUT2D eigenvalue weighted by atomic mass is 16.5. The molecular formula is C24H24N2O4. The van der Waals surface area contributed by atoms with Crippen molar-refractivity contribution in [2.45, 2.75) is 6.54 Å². The molecule has 6 heteroatoms. The molecule has 0 atom stereocenters. The maximum atomic E-state index is 5.46. The van der Waals surface area contributed by atoms with Gasteiger partial charge >= 0.3 is 0 Å². The fourth-order valence-electron chi connectivity index (χ4n) is 3.53. The fraction of sp³-hybridized carbons (Fsp3) is 0.208. The summed E-state index contributed by atoms with van der Waals surface area (Å²) in [5.74, 6) is 3.75. The molecule has 0 unspecified atom stereocenters. The van der Waals surface area contributed by atoms with E-state index in [1.54, 1.807) is 28.4 Å². The minimum absolute atomic E-state index is 0.600. The SMILES string of the molecule is COc1cc(Cn2c(-c3cc(OC)cc(OC)c3)nc3ccccc32)cc(OC)c1. The van der Waals surface area contributed by atoms with E-state index in [1.165, 1.54) is 0 Å². The zero-order chi connectivity index (χ0) is 21.1. The Balaban J connectivity index is 1.88. The van der Waals surface area contributed by atoms with Gasteiger partial charge in [0.15, 0.2) is 0 Å². The molecule has 1 aromatic heterocycles. The summed E-state index contributed by atoms with van der Waals surface area (Å²) in [6.45, 7) is 0.600. The first-order valence-electron chi connectivity index (χ1n) is 9.56. The van der Waals surface area contributed by atoms with Crippen molar-refractivity contribution in [1.29, 1.82) is 0 Å². The maximum absolute atomic E-state index is 5.46. The Morgan fingerprint density at radius 2 is 1.23 bits per heavy atom. The van der Waals surface area contributed by atoms with Gasteiger partial charge in [0, 0.05) is 24.2 Å². The van der Waals surface area contributed by atoms with E-state index in [9.17, 15) is 0 Å². The molecule has 0 spiro atoms. The van der Waals surface area contributed by atoms with Crippen LogP contribution in [-0.2, 0) is 6.54 Å². The van der Waals surface area contributed by atoms with Crippen LogP contribution in [0.2, 0.25) is 0 Å². The highest BCUT2D eigenvalue weighted by molar-refractivity contribution is 5.81. The molecule has 6 nitrogen and oxygen atoms in total. The van der Waals surface area contributed by atoms with Crippen molar-refractivity contribution in [2.24, 2.45) is 0 Å². The quantitative estimate of drug-likeness (QED) is 0.443. The summed E-state index contributed by atoms with van der Waals surface area (Å²) < 4.78 is 24.0. The predicted molar refractivity (Wildman–Crippen MR) is 117 cm³/mol. The Bertz CT molecular complexity index is 1140. The molecule has 4 aromatic rings. The topological polar surface area (TPSA) is 54.7 Å². The Hall–Kier alpha value is -3.67. The molecule has 30 heavy (non-hydrogen) atoms. The minimum Gasteiger partial charge on any atom is -0.497 e. The summed E-state index contributed by atoms with van der Waals surface area (Å²) in [5, 5.41) is 0. The molecule has 154 valence electrons. The minimum atomic E-state index is 0.600. The average molecular weight is 404 g/mol. The zero-order valence-electron chi connectivity index (χ0n) is 17.5. The Morgan fingerprint density at radius 1 is 0.700 bits per heavy atom. The van der Waals surface area contributed by atoms with Crippen molar-refractivity contribution in [1.82, 2.24) is 9.55 Å². The molecule has 0 fully saturated rings. The van der Waals surface area contributed by atoms with Gasteiger partial charge in [-0.15, -0.1) is 0 Å². The molecule has 0 aliphatic heterocycles. The molecule has 3 aromatic carbocycles. The second kappa shape index (κ2) is 8.37. The van der Waals surface area contributed by atoms with Crippen LogP contribution in [0.25, 0.3) is 22.4 Å². The molecule has 0 saturated carbocycles. The van der Waals surface area contributed by atoms with E-state index in [4.69, 9.17) is 23.9 Å². The number of fused-ring (bicyclic) bond motifs is 1. The smallest absolute Gasteiger partial charge is 0.141 e. The number of imidazole rings is 1. The van der Waals surface area contributed by atoms with Gasteiger partial charge < -0.3 is 23.5 Å². The molecule has 0 radical (unpaired) electrons. The van der Waals surface area contributed by atoms with Gasteiger partial charge in [0.1, 0.15) is 28.8 Å². The van der Waals surface area contributed by atoms with Crippen molar-refractivity contribution in [3.05, 3.63) is 66.2 Å². The van der Waals surface area contributed by atoms with E-state index in [0.717, 1.165) is 39.5 Å². The van der Waals surface area contributed by atoms with Crippen LogP contribution in [0, 0.1) is 0 Å². The van der Waals surface area contributed by atoms with Gasteiger partial charge in [-0.05, 0) is 42.0 Å². The Kier molecular flexibility index (Phi) is 5.48. The van der Waals surface area contributed by atoms with Crippen molar-refractivity contribution in [3.63, 3.8) is 0 Å². The summed E-state index contributed by atoms with van der Waals surface area (Å²) in [4.78, 5) is 4.90. The van der Waals surface area contributed by atoms with Crippen molar-refractivity contribution >= 4 is 11.0 Å². The number of rotatable bonds is 7. The number of aromatic nitrogens is 2. The molecule has 0 bridgehead atoms. The van der Waals surface area contributed by atoms with Crippen molar-refractivity contribution in [3.8, 4) is 34.4 Å². The largest absolute Gasteiger partial charge is 0.497 e. The van der Waals surface area contributed by atoms with Crippen LogP contribution < -0.4 is 18.9 Å². The molecule has 1 heterocycles. The van der Waals surface area contributed by atoms with Crippen LogP contribution in [0.5, 0.6) is 23.0 Å². The summed E-state index contributed by atoms with van der Waals surface area (Å²) in [7, 11) is 6.59. The lowest BCUT2D eigenvalue weighted by molar-refractivity contribution is 0.393. The lowest BCUT2D eigenvalue weighted by Gasteiger charge is -2.13. The monoisotopic (exact) mass is 404 g/mol. The number of hydrogen-bond donors (Lipinski definition) is 0. The van der Waals surface area contributed by atoms with Gasteiger partial charge in [0.25, 0.3) is 0 Å². The molecule has 0 saturated heterocycles. The van der Waals surface area contributed by atoms with Crippen molar-refractivity contribution < 1.29 is 18.9 Å². The first-order valence-corrected chi connectivity index (χ1v) is 9.56. The van der Waals surface area contributed by atoms with E-state index in [-0.39, 0.29) is 0 Å². The second-order valence-corrected chi connectivity index (χ2v) is 6.83. The third-order valence-corrected chi connectivity index (χ3v) is 5.02. The average Bonchev–Trinajstić information content (AvgIpc) is 3.16. The third-order valence-electron chi connectivity index (χ3n) is 5.02. The molecule has 0 amide bonds. The van der Waals surface area contributed by atoms with E-state index in [1.807, 2.05) is 54.6 Å².